The molecule has 1 N–H and O–H groups in total. The van der Waals surface area contributed by atoms with E-state index >= 15 is 0 Å². The Labute approximate surface area is 71.9 Å². The van der Waals surface area contributed by atoms with E-state index in [0.29, 0.717) is 5.56 Å². The summed E-state index contributed by atoms with van der Waals surface area (Å²) < 4.78 is 12.8. The lowest BCUT2D eigenvalue weighted by molar-refractivity contribution is 0.288. The van der Waals surface area contributed by atoms with Gasteiger partial charge in [-0.1, -0.05) is 12.1 Å². The van der Waals surface area contributed by atoms with Crippen LogP contribution in [0.2, 0.25) is 0 Å². The highest BCUT2D eigenvalue weighted by molar-refractivity contribution is 5.23. The van der Waals surface area contributed by atoms with Gasteiger partial charge in [-0.05, 0) is 37.0 Å². The van der Waals surface area contributed by atoms with Crippen LogP contribution in [0.1, 0.15) is 17.5 Å². The second kappa shape index (κ2) is 4.21. The molecule has 0 aliphatic heterocycles. The highest BCUT2D eigenvalue weighted by Crippen LogP contribution is 2.10. The van der Waals surface area contributed by atoms with Gasteiger partial charge in [-0.25, -0.2) is 4.39 Å². The van der Waals surface area contributed by atoms with Crippen LogP contribution in [0.4, 0.5) is 4.39 Å². The standard InChI is InChI=1S/C10H13FO/c1-8-7-9(3-2-6-12)4-5-10(8)11/h4-5,7,12H,2-3,6H2,1H3. The number of rotatable bonds is 3. The first-order valence-corrected chi connectivity index (χ1v) is 4.10. The van der Waals surface area contributed by atoms with Crippen molar-refractivity contribution in [2.45, 2.75) is 19.8 Å². The van der Waals surface area contributed by atoms with Crippen molar-refractivity contribution in [1.29, 1.82) is 0 Å². The monoisotopic (exact) mass is 168 g/mol. The van der Waals surface area contributed by atoms with Gasteiger partial charge in [0, 0.05) is 6.61 Å². The number of hydrogen-bond acceptors (Lipinski definition) is 1. The molecule has 0 amide bonds. The van der Waals surface area contributed by atoms with Gasteiger partial charge in [-0.3, -0.25) is 0 Å². The molecule has 0 unspecified atom stereocenters. The van der Waals surface area contributed by atoms with Crippen molar-refractivity contribution < 1.29 is 9.50 Å². The minimum absolute atomic E-state index is 0.164. The van der Waals surface area contributed by atoms with Gasteiger partial charge in [0.05, 0.1) is 0 Å². The van der Waals surface area contributed by atoms with E-state index in [2.05, 4.69) is 0 Å². The van der Waals surface area contributed by atoms with Gasteiger partial charge in [0.2, 0.25) is 0 Å². The quantitative estimate of drug-likeness (QED) is 0.732. The lowest BCUT2D eigenvalue weighted by Gasteiger charge is -2.01. The highest BCUT2D eigenvalue weighted by atomic mass is 19.1. The van der Waals surface area contributed by atoms with Crippen molar-refractivity contribution in [2.75, 3.05) is 6.61 Å². The average Bonchev–Trinajstić information content (AvgIpc) is 2.07. The lowest BCUT2D eigenvalue weighted by Crippen LogP contribution is -1.91. The van der Waals surface area contributed by atoms with E-state index in [1.54, 1.807) is 13.0 Å². The molecular weight excluding hydrogens is 155 g/mol. The lowest BCUT2D eigenvalue weighted by atomic mass is 10.1. The summed E-state index contributed by atoms with van der Waals surface area (Å²) in [4.78, 5) is 0. The Morgan fingerprint density at radius 2 is 2.17 bits per heavy atom. The van der Waals surface area contributed by atoms with E-state index in [-0.39, 0.29) is 12.4 Å². The normalized spacial score (nSPS) is 10.2. The van der Waals surface area contributed by atoms with Crippen LogP contribution in [0.5, 0.6) is 0 Å². The summed E-state index contributed by atoms with van der Waals surface area (Å²) >= 11 is 0. The van der Waals surface area contributed by atoms with Gasteiger partial charge in [-0.2, -0.15) is 0 Å². The molecule has 0 fully saturated rings. The van der Waals surface area contributed by atoms with Crippen molar-refractivity contribution in [3.8, 4) is 0 Å². The summed E-state index contributed by atoms with van der Waals surface area (Å²) in [5.74, 6) is -0.164. The van der Waals surface area contributed by atoms with Crippen molar-refractivity contribution >= 4 is 0 Å². The molecule has 0 heterocycles. The fourth-order valence-electron chi connectivity index (χ4n) is 1.15. The van der Waals surface area contributed by atoms with Crippen LogP contribution in [0.3, 0.4) is 0 Å². The summed E-state index contributed by atoms with van der Waals surface area (Å²) in [6.45, 7) is 1.94. The third kappa shape index (κ3) is 2.31. The summed E-state index contributed by atoms with van der Waals surface area (Å²) in [6, 6.07) is 5.06. The molecule has 0 radical (unpaired) electrons. The molecule has 1 rings (SSSR count). The summed E-state index contributed by atoms with van der Waals surface area (Å²) in [6.07, 6.45) is 1.56. The molecule has 0 aromatic heterocycles. The number of halogens is 1. The Bertz CT molecular complexity index is 258. The Kier molecular flexibility index (Phi) is 3.23. The highest BCUT2D eigenvalue weighted by Gasteiger charge is 1.97. The minimum Gasteiger partial charge on any atom is -0.396 e. The Hall–Kier alpha value is -0.890. The molecule has 0 saturated heterocycles. The van der Waals surface area contributed by atoms with Gasteiger partial charge >= 0.3 is 0 Å². The fraction of sp³-hybridized carbons (Fsp3) is 0.400. The van der Waals surface area contributed by atoms with Gasteiger partial charge in [0.15, 0.2) is 0 Å². The molecular formula is C10H13FO. The maximum Gasteiger partial charge on any atom is 0.126 e. The predicted molar refractivity (Wildman–Crippen MR) is 46.5 cm³/mol. The van der Waals surface area contributed by atoms with Crippen molar-refractivity contribution in [3.63, 3.8) is 0 Å². The number of benzene rings is 1. The second-order valence-corrected chi connectivity index (χ2v) is 2.91. The molecule has 1 aromatic rings. The van der Waals surface area contributed by atoms with Crippen LogP contribution in [-0.4, -0.2) is 11.7 Å². The van der Waals surface area contributed by atoms with Gasteiger partial charge in [0.25, 0.3) is 0 Å². The van der Waals surface area contributed by atoms with Crippen LogP contribution in [0.25, 0.3) is 0 Å². The zero-order valence-corrected chi connectivity index (χ0v) is 7.18. The zero-order chi connectivity index (χ0) is 8.97. The van der Waals surface area contributed by atoms with E-state index in [4.69, 9.17) is 5.11 Å². The Morgan fingerprint density at radius 3 is 2.75 bits per heavy atom. The summed E-state index contributed by atoms with van der Waals surface area (Å²) in [5.41, 5.74) is 1.76. The number of aliphatic hydroxyl groups excluding tert-OH is 1. The first-order chi connectivity index (χ1) is 5.74. The molecule has 0 saturated carbocycles. The SMILES string of the molecule is Cc1cc(CCCO)ccc1F. The second-order valence-electron chi connectivity index (χ2n) is 2.91. The smallest absolute Gasteiger partial charge is 0.126 e. The van der Waals surface area contributed by atoms with Gasteiger partial charge in [0.1, 0.15) is 5.82 Å². The molecule has 1 aromatic carbocycles. The molecule has 0 bridgehead atoms. The molecule has 0 spiro atoms. The molecule has 66 valence electrons. The third-order valence-electron chi connectivity index (χ3n) is 1.85. The summed E-state index contributed by atoms with van der Waals surface area (Å²) in [5, 5.41) is 8.58. The van der Waals surface area contributed by atoms with E-state index < -0.39 is 0 Å². The van der Waals surface area contributed by atoms with Crippen LogP contribution in [0.15, 0.2) is 18.2 Å². The molecule has 2 heteroatoms. The molecule has 0 aliphatic rings. The molecule has 0 atom stereocenters. The van der Waals surface area contributed by atoms with Gasteiger partial charge < -0.3 is 5.11 Å². The maximum atomic E-state index is 12.8. The molecule has 12 heavy (non-hydrogen) atoms. The van der Waals surface area contributed by atoms with Crippen LogP contribution < -0.4 is 0 Å². The Morgan fingerprint density at radius 1 is 1.42 bits per heavy atom. The number of aryl methyl sites for hydroxylation is 2. The topological polar surface area (TPSA) is 20.2 Å². The fourth-order valence-corrected chi connectivity index (χ4v) is 1.15. The maximum absolute atomic E-state index is 12.8. The van der Waals surface area contributed by atoms with Crippen molar-refractivity contribution in [3.05, 3.63) is 35.1 Å². The summed E-state index contributed by atoms with van der Waals surface area (Å²) in [7, 11) is 0. The zero-order valence-electron chi connectivity index (χ0n) is 7.18. The third-order valence-corrected chi connectivity index (χ3v) is 1.85. The largest absolute Gasteiger partial charge is 0.396 e. The first kappa shape index (κ1) is 9.20. The van der Waals surface area contributed by atoms with E-state index in [1.807, 2.05) is 6.07 Å². The minimum atomic E-state index is -0.164. The number of aliphatic hydroxyl groups is 1. The van der Waals surface area contributed by atoms with E-state index in [9.17, 15) is 4.39 Å². The predicted octanol–water partition coefficient (Wildman–Crippen LogP) is 2.06. The van der Waals surface area contributed by atoms with Crippen molar-refractivity contribution in [1.82, 2.24) is 0 Å². The van der Waals surface area contributed by atoms with Crippen LogP contribution >= 0.6 is 0 Å². The number of hydrogen-bond donors (Lipinski definition) is 1. The molecule has 1 nitrogen and oxygen atoms in total. The van der Waals surface area contributed by atoms with E-state index in [0.717, 1.165) is 18.4 Å². The van der Waals surface area contributed by atoms with Gasteiger partial charge in [-0.15, -0.1) is 0 Å². The van der Waals surface area contributed by atoms with Crippen molar-refractivity contribution in [2.24, 2.45) is 0 Å². The molecule has 0 aliphatic carbocycles. The average molecular weight is 168 g/mol. The van der Waals surface area contributed by atoms with E-state index in [1.165, 1.54) is 6.07 Å². The van der Waals surface area contributed by atoms with Crippen LogP contribution in [-0.2, 0) is 6.42 Å². The van der Waals surface area contributed by atoms with Crippen LogP contribution in [0, 0.1) is 12.7 Å². The first-order valence-electron chi connectivity index (χ1n) is 4.10. The Balaban J connectivity index is 2.69.